The normalized spacial score (nSPS) is 11.2. The molecule has 0 atom stereocenters. The zero-order valence-electron chi connectivity index (χ0n) is 9.75. The molecule has 0 aliphatic heterocycles. The Bertz CT molecular complexity index is 888. The van der Waals surface area contributed by atoms with Gasteiger partial charge in [-0.1, -0.05) is 0 Å². The Morgan fingerprint density at radius 1 is 1.20 bits per heavy atom. The third-order valence-corrected chi connectivity index (χ3v) is 4.63. The minimum atomic E-state index is -0.366. The lowest BCUT2D eigenvalue weighted by atomic mass is 10.2. The van der Waals surface area contributed by atoms with Crippen LogP contribution in [0.15, 0.2) is 34.8 Å². The number of rotatable bonds is 1. The number of aromatic amines is 1. The van der Waals surface area contributed by atoms with Crippen LogP contribution in [0.4, 0.5) is 8.78 Å². The fourth-order valence-corrected chi connectivity index (χ4v) is 3.36. The second-order valence-electron chi connectivity index (χ2n) is 4.14. The number of H-pyrrole nitrogens is 1. The Balaban J connectivity index is 2.39. The van der Waals surface area contributed by atoms with Gasteiger partial charge in [0, 0.05) is 9.64 Å². The van der Waals surface area contributed by atoms with E-state index in [0.29, 0.717) is 14.8 Å². The predicted molar refractivity (Wildman–Crippen MR) is 88.8 cm³/mol. The fourth-order valence-electron chi connectivity index (χ4n) is 2.00. The van der Waals surface area contributed by atoms with Crippen molar-refractivity contribution in [3.05, 3.63) is 54.8 Å². The van der Waals surface area contributed by atoms with Gasteiger partial charge in [0.2, 0.25) is 0 Å². The minimum absolute atomic E-state index is 0.309. The van der Waals surface area contributed by atoms with Gasteiger partial charge < -0.3 is 4.98 Å². The number of hydrogen-bond acceptors (Lipinski definition) is 1. The first kappa shape index (κ1) is 14.2. The Morgan fingerprint density at radius 3 is 2.65 bits per heavy atom. The molecular weight excluding hydrogens is 461 g/mol. The molecule has 0 aliphatic rings. The summed E-state index contributed by atoms with van der Waals surface area (Å²) in [6.45, 7) is 0. The van der Waals surface area contributed by atoms with Crippen LogP contribution in [-0.4, -0.2) is 9.55 Å². The number of nitrogens with one attached hydrogen (secondary N) is 1. The summed E-state index contributed by atoms with van der Waals surface area (Å²) in [5.74, 6) is -0.675. The third kappa shape index (κ3) is 2.31. The molecule has 7 heteroatoms. The first-order chi connectivity index (χ1) is 9.47. The van der Waals surface area contributed by atoms with E-state index in [1.54, 1.807) is 16.7 Å². The summed E-state index contributed by atoms with van der Waals surface area (Å²) in [4.78, 5) is 2.96. The van der Waals surface area contributed by atoms with Crippen LogP contribution in [0.1, 0.15) is 0 Å². The summed E-state index contributed by atoms with van der Waals surface area (Å²) in [5.41, 5.74) is 2.07. The van der Waals surface area contributed by atoms with Gasteiger partial charge in [-0.2, -0.15) is 0 Å². The molecule has 0 radical (unpaired) electrons. The van der Waals surface area contributed by atoms with E-state index in [4.69, 9.17) is 12.2 Å². The van der Waals surface area contributed by atoms with E-state index in [1.807, 2.05) is 22.6 Å². The van der Waals surface area contributed by atoms with Crippen molar-refractivity contribution in [2.24, 2.45) is 0 Å². The molecule has 0 bridgehead atoms. The van der Waals surface area contributed by atoms with Crippen molar-refractivity contribution < 1.29 is 8.78 Å². The van der Waals surface area contributed by atoms with Gasteiger partial charge in [0.1, 0.15) is 11.6 Å². The molecule has 1 heterocycles. The van der Waals surface area contributed by atoms with Crippen molar-refractivity contribution in [3.63, 3.8) is 0 Å². The lowest BCUT2D eigenvalue weighted by Gasteiger charge is -2.07. The summed E-state index contributed by atoms with van der Waals surface area (Å²) in [6.07, 6.45) is 0. The number of benzene rings is 2. The van der Waals surface area contributed by atoms with Gasteiger partial charge >= 0.3 is 0 Å². The van der Waals surface area contributed by atoms with E-state index in [2.05, 4.69) is 20.9 Å². The van der Waals surface area contributed by atoms with Gasteiger partial charge in [0.05, 0.1) is 21.2 Å². The zero-order chi connectivity index (χ0) is 14.4. The highest BCUT2D eigenvalue weighted by Crippen LogP contribution is 2.27. The zero-order valence-corrected chi connectivity index (χ0v) is 14.3. The van der Waals surface area contributed by atoms with E-state index >= 15 is 0 Å². The van der Waals surface area contributed by atoms with Crippen LogP contribution in [-0.2, 0) is 0 Å². The smallest absolute Gasteiger partial charge is 0.182 e. The largest absolute Gasteiger partial charge is 0.330 e. The van der Waals surface area contributed by atoms with Gasteiger partial charge in [-0.05, 0) is 75.0 Å². The minimum Gasteiger partial charge on any atom is -0.330 e. The average Bonchev–Trinajstić information content (AvgIpc) is 2.66. The summed E-state index contributed by atoms with van der Waals surface area (Å²) in [5, 5.41) is 0. The summed E-state index contributed by atoms with van der Waals surface area (Å²) in [6, 6.07) is 7.47. The molecule has 0 saturated heterocycles. The van der Waals surface area contributed by atoms with E-state index in [-0.39, 0.29) is 11.6 Å². The van der Waals surface area contributed by atoms with Crippen molar-refractivity contribution in [2.75, 3.05) is 0 Å². The second-order valence-corrected chi connectivity index (χ2v) is 6.55. The highest BCUT2D eigenvalue weighted by atomic mass is 127. The number of halogens is 4. The number of hydrogen-bond donors (Lipinski definition) is 1. The lowest BCUT2D eigenvalue weighted by Crippen LogP contribution is -1.97. The third-order valence-electron chi connectivity index (χ3n) is 2.87. The average molecular weight is 467 g/mol. The van der Waals surface area contributed by atoms with Crippen LogP contribution in [0.5, 0.6) is 0 Å². The highest BCUT2D eigenvalue weighted by Gasteiger charge is 2.12. The van der Waals surface area contributed by atoms with Gasteiger partial charge in [0.25, 0.3) is 0 Å². The summed E-state index contributed by atoms with van der Waals surface area (Å²) in [7, 11) is 0. The van der Waals surface area contributed by atoms with Crippen LogP contribution < -0.4 is 0 Å². The Kier molecular flexibility index (Phi) is 3.67. The van der Waals surface area contributed by atoms with Crippen molar-refractivity contribution in [1.82, 2.24) is 9.55 Å². The molecule has 1 N–H and O–H groups in total. The van der Waals surface area contributed by atoms with Gasteiger partial charge in [-0.3, -0.25) is 4.57 Å². The molecule has 20 heavy (non-hydrogen) atoms. The maximum absolute atomic E-state index is 13.6. The molecule has 0 aliphatic carbocycles. The van der Waals surface area contributed by atoms with Crippen LogP contribution in [0.2, 0.25) is 0 Å². The molecule has 0 amide bonds. The molecule has 2 aromatic carbocycles. The topological polar surface area (TPSA) is 20.7 Å². The van der Waals surface area contributed by atoms with E-state index in [1.165, 1.54) is 18.2 Å². The number of aromatic nitrogens is 2. The SMILES string of the molecule is Fc1ccc(-n2c(=S)[nH]c3cc(F)c(Br)cc32)c(I)c1. The Hall–Kier alpha value is -0.800. The monoisotopic (exact) mass is 466 g/mol. The van der Waals surface area contributed by atoms with Crippen LogP contribution in [0.25, 0.3) is 16.7 Å². The van der Waals surface area contributed by atoms with Crippen LogP contribution in [0.3, 0.4) is 0 Å². The Labute approximate surface area is 140 Å². The number of fused-ring (bicyclic) bond motifs is 1. The maximum Gasteiger partial charge on any atom is 0.182 e. The van der Waals surface area contributed by atoms with Crippen LogP contribution in [0, 0.1) is 20.0 Å². The predicted octanol–water partition coefficient (Wildman–Crippen LogP) is 5.33. The molecule has 0 unspecified atom stereocenters. The van der Waals surface area contributed by atoms with E-state index < -0.39 is 0 Å². The summed E-state index contributed by atoms with van der Waals surface area (Å²) >= 11 is 10.5. The van der Waals surface area contributed by atoms with Crippen molar-refractivity contribution >= 4 is 61.8 Å². The first-order valence-electron chi connectivity index (χ1n) is 5.52. The molecular formula is C13H6BrF2IN2S. The number of nitrogens with zero attached hydrogens (tertiary/aromatic N) is 1. The molecule has 2 nitrogen and oxygen atoms in total. The van der Waals surface area contributed by atoms with Gasteiger partial charge in [-0.15, -0.1) is 0 Å². The molecule has 1 aromatic heterocycles. The first-order valence-corrected chi connectivity index (χ1v) is 7.80. The molecule has 0 saturated carbocycles. The lowest BCUT2D eigenvalue weighted by molar-refractivity contribution is 0.623. The van der Waals surface area contributed by atoms with Crippen molar-refractivity contribution in [2.45, 2.75) is 0 Å². The quantitative estimate of drug-likeness (QED) is 0.379. The molecule has 3 aromatic rings. The van der Waals surface area contributed by atoms with Crippen molar-refractivity contribution in [1.29, 1.82) is 0 Å². The standard InChI is InChI=1S/C13H6BrF2IN2S/c14-7-4-12-10(5-8(7)16)18-13(20)19(12)11-2-1-6(15)3-9(11)17/h1-5H,(H,18,20). The Morgan fingerprint density at radius 2 is 1.95 bits per heavy atom. The number of imidazole rings is 1. The molecule has 0 spiro atoms. The highest BCUT2D eigenvalue weighted by molar-refractivity contribution is 14.1. The fraction of sp³-hybridized carbons (Fsp3) is 0. The van der Waals surface area contributed by atoms with E-state index in [0.717, 1.165) is 14.8 Å². The maximum atomic E-state index is 13.6. The second kappa shape index (κ2) is 5.19. The molecule has 0 fully saturated rings. The summed E-state index contributed by atoms with van der Waals surface area (Å²) < 4.78 is 30.0. The van der Waals surface area contributed by atoms with Crippen LogP contribution >= 0.6 is 50.7 Å². The molecule has 102 valence electrons. The molecule has 3 rings (SSSR count). The van der Waals surface area contributed by atoms with E-state index in [9.17, 15) is 8.78 Å². The van der Waals surface area contributed by atoms with Crippen molar-refractivity contribution in [3.8, 4) is 5.69 Å². The van der Waals surface area contributed by atoms with Gasteiger partial charge in [0.15, 0.2) is 4.77 Å². The van der Waals surface area contributed by atoms with Gasteiger partial charge in [-0.25, -0.2) is 8.78 Å².